The molecule has 0 bridgehead atoms. The molecule has 96 valence electrons. The van der Waals surface area contributed by atoms with E-state index in [1.54, 1.807) is 7.11 Å². The van der Waals surface area contributed by atoms with E-state index >= 15 is 0 Å². The van der Waals surface area contributed by atoms with Gasteiger partial charge in [0.2, 0.25) is 0 Å². The van der Waals surface area contributed by atoms with Crippen LogP contribution in [0.1, 0.15) is 18.7 Å². The van der Waals surface area contributed by atoms with Crippen LogP contribution in [-0.4, -0.2) is 7.11 Å². The summed E-state index contributed by atoms with van der Waals surface area (Å²) in [5.41, 5.74) is 1.00. The Balaban J connectivity index is 2.12. The topological polar surface area (TPSA) is 34.4 Å². The number of halogens is 2. The number of benzene rings is 1. The van der Waals surface area contributed by atoms with Crippen LogP contribution in [0.3, 0.4) is 0 Å². The Kier molecular flexibility index (Phi) is 4.35. The van der Waals surface area contributed by atoms with Crippen molar-refractivity contribution in [3.05, 3.63) is 45.2 Å². The zero-order valence-electron chi connectivity index (χ0n) is 10.0. The van der Waals surface area contributed by atoms with E-state index in [9.17, 15) is 0 Å². The van der Waals surface area contributed by atoms with Gasteiger partial charge in [0.05, 0.1) is 17.6 Å². The van der Waals surface area contributed by atoms with Crippen molar-refractivity contribution in [2.45, 2.75) is 13.0 Å². The Bertz CT molecular complexity index is 540. The first kappa shape index (κ1) is 13.5. The highest BCUT2D eigenvalue weighted by atomic mass is 79.9. The standard InChI is InChI=1S/C13H13Br2NO2/c1-8(11-5-6-13(15)18-11)16-9-3-4-12(17-2)10(14)7-9/h3-8,16H,1-2H3. The molecular weight excluding hydrogens is 362 g/mol. The number of anilines is 1. The van der Waals surface area contributed by atoms with Crippen LogP contribution in [0.5, 0.6) is 5.75 Å². The molecule has 1 unspecified atom stereocenters. The van der Waals surface area contributed by atoms with Crippen LogP contribution in [0.15, 0.2) is 43.9 Å². The van der Waals surface area contributed by atoms with Crippen LogP contribution >= 0.6 is 31.9 Å². The van der Waals surface area contributed by atoms with Crippen LogP contribution in [0.2, 0.25) is 0 Å². The molecule has 0 saturated heterocycles. The van der Waals surface area contributed by atoms with Crippen LogP contribution in [-0.2, 0) is 0 Å². The molecule has 1 aromatic heterocycles. The van der Waals surface area contributed by atoms with Crippen molar-refractivity contribution >= 4 is 37.5 Å². The molecule has 1 N–H and O–H groups in total. The second kappa shape index (κ2) is 5.80. The SMILES string of the molecule is COc1ccc(NC(C)c2ccc(Br)o2)cc1Br. The van der Waals surface area contributed by atoms with Gasteiger partial charge in [-0.3, -0.25) is 0 Å². The number of methoxy groups -OCH3 is 1. The molecular formula is C13H13Br2NO2. The van der Waals surface area contributed by atoms with Gasteiger partial charge in [-0.1, -0.05) is 0 Å². The second-order valence-electron chi connectivity index (χ2n) is 3.86. The van der Waals surface area contributed by atoms with Crippen LogP contribution < -0.4 is 10.1 Å². The van der Waals surface area contributed by atoms with Crippen molar-refractivity contribution in [1.29, 1.82) is 0 Å². The lowest BCUT2D eigenvalue weighted by Gasteiger charge is -2.14. The van der Waals surface area contributed by atoms with Gasteiger partial charge >= 0.3 is 0 Å². The summed E-state index contributed by atoms with van der Waals surface area (Å²) in [4.78, 5) is 0. The number of hydrogen-bond donors (Lipinski definition) is 1. The predicted octanol–water partition coefficient (Wildman–Crippen LogP) is 4.99. The highest BCUT2D eigenvalue weighted by Gasteiger charge is 2.10. The fourth-order valence-electron chi connectivity index (χ4n) is 1.64. The minimum Gasteiger partial charge on any atom is -0.496 e. The summed E-state index contributed by atoms with van der Waals surface area (Å²) in [7, 11) is 1.65. The van der Waals surface area contributed by atoms with E-state index in [-0.39, 0.29) is 6.04 Å². The smallest absolute Gasteiger partial charge is 0.169 e. The van der Waals surface area contributed by atoms with Crippen LogP contribution in [0.25, 0.3) is 0 Å². The van der Waals surface area contributed by atoms with E-state index in [0.717, 1.165) is 26.3 Å². The van der Waals surface area contributed by atoms with Crippen molar-refractivity contribution in [1.82, 2.24) is 0 Å². The van der Waals surface area contributed by atoms with Crippen LogP contribution in [0.4, 0.5) is 5.69 Å². The van der Waals surface area contributed by atoms with Gasteiger partial charge in [0.15, 0.2) is 4.67 Å². The summed E-state index contributed by atoms with van der Waals surface area (Å²) in [6.45, 7) is 2.05. The Morgan fingerprint density at radius 1 is 1.22 bits per heavy atom. The van der Waals surface area contributed by atoms with E-state index < -0.39 is 0 Å². The average Bonchev–Trinajstić information content (AvgIpc) is 2.76. The predicted molar refractivity (Wildman–Crippen MR) is 79.1 cm³/mol. The largest absolute Gasteiger partial charge is 0.496 e. The lowest BCUT2D eigenvalue weighted by Crippen LogP contribution is -2.05. The molecule has 0 aliphatic heterocycles. The minimum atomic E-state index is 0.0941. The molecule has 1 atom stereocenters. The first-order valence-electron chi connectivity index (χ1n) is 5.45. The Hall–Kier alpha value is -0.940. The lowest BCUT2D eigenvalue weighted by atomic mass is 10.2. The summed E-state index contributed by atoms with van der Waals surface area (Å²) in [5.74, 6) is 1.70. The lowest BCUT2D eigenvalue weighted by molar-refractivity contribution is 0.412. The number of ether oxygens (including phenoxy) is 1. The second-order valence-corrected chi connectivity index (χ2v) is 5.49. The molecule has 2 aromatic rings. The van der Waals surface area contributed by atoms with Gasteiger partial charge in [-0.25, -0.2) is 0 Å². The van der Waals surface area contributed by atoms with Gasteiger partial charge in [0.1, 0.15) is 11.5 Å². The third kappa shape index (κ3) is 3.09. The maximum absolute atomic E-state index is 5.51. The zero-order chi connectivity index (χ0) is 13.1. The molecule has 0 spiro atoms. The third-order valence-electron chi connectivity index (χ3n) is 2.56. The normalized spacial score (nSPS) is 12.2. The monoisotopic (exact) mass is 373 g/mol. The van der Waals surface area contributed by atoms with Gasteiger partial charge in [0.25, 0.3) is 0 Å². The number of furan rings is 1. The van der Waals surface area contributed by atoms with Gasteiger partial charge in [-0.15, -0.1) is 0 Å². The molecule has 3 nitrogen and oxygen atoms in total. The number of rotatable bonds is 4. The maximum atomic E-state index is 5.51. The summed E-state index contributed by atoms with van der Waals surface area (Å²) in [6, 6.07) is 9.79. The average molecular weight is 375 g/mol. The molecule has 1 aromatic carbocycles. The minimum absolute atomic E-state index is 0.0941. The van der Waals surface area contributed by atoms with Crippen molar-refractivity contribution in [2.24, 2.45) is 0 Å². The summed E-state index contributed by atoms with van der Waals surface area (Å²) < 4.78 is 12.4. The molecule has 18 heavy (non-hydrogen) atoms. The van der Waals surface area contributed by atoms with Crippen molar-refractivity contribution in [2.75, 3.05) is 12.4 Å². The first-order chi connectivity index (χ1) is 8.60. The molecule has 0 saturated carbocycles. The highest BCUT2D eigenvalue weighted by Crippen LogP contribution is 2.30. The maximum Gasteiger partial charge on any atom is 0.169 e. The van der Waals surface area contributed by atoms with Gasteiger partial charge in [-0.05, 0) is 69.1 Å². The fourth-order valence-corrected chi connectivity index (χ4v) is 2.50. The fraction of sp³-hybridized carbons (Fsp3) is 0.231. The molecule has 2 rings (SSSR count). The third-order valence-corrected chi connectivity index (χ3v) is 3.60. The molecule has 0 aliphatic carbocycles. The van der Waals surface area contributed by atoms with Gasteiger partial charge < -0.3 is 14.5 Å². The Labute approximate surface area is 123 Å². The molecule has 0 radical (unpaired) electrons. The van der Waals surface area contributed by atoms with Gasteiger partial charge in [-0.2, -0.15) is 0 Å². The molecule has 5 heteroatoms. The Morgan fingerprint density at radius 2 is 2.00 bits per heavy atom. The van der Waals surface area contributed by atoms with Gasteiger partial charge in [0, 0.05) is 5.69 Å². The Morgan fingerprint density at radius 3 is 2.56 bits per heavy atom. The van der Waals surface area contributed by atoms with Crippen molar-refractivity contribution in [3.63, 3.8) is 0 Å². The summed E-state index contributed by atoms with van der Waals surface area (Å²) in [5, 5.41) is 3.36. The van der Waals surface area contributed by atoms with E-state index in [0.29, 0.717) is 0 Å². The molecule has 1 heterocycles. The quantitative estimate of drug-likeness (QED) is 0.818. The van der Waals surface area contributed by atoms with E-state index in [4.69, 9.17) is 9.15 Å². The highest BCUT2D eigenvalue weighted by molar-refractivity contribution is 9.10. The van der Waals surface area contributed by atoms with Crippen LogP contribution in [0, 0.1) is 0 Å². The zero-order valence-corrected chi connectivity index (χ0v) is 13.2. The molecule has 0 fully saturated rings. The molecule has 0 aliphatic rings. The number of nitrogens with one attached hydrogen (secondary N) is 1. The van der Waals surface area contributed by atoms with Crippen molar-refractivity contribution in [3.8, 4) is 5.75 Å². The van der Waals surface area contributed by atoms with Crippen molar-refractivity contribution < 1.29 is 9.15 Å². The number of hydrogen-bond acceptors (Lipinski definition) is 3. The first-order valence-corrected chi connectivity index (χ1v) is 7.04. The summed E-state index contributed by atoms with van der Waals surface area (Å²) in [6.07, 6.45) is 0. The van der Waals surface area contributed by atoms with E-state index in [2.05, 4.69) is 37.2 Å². The van der Waals surface area contributed by atoms with E-state index in [1.807, 2.05) is 37.3 Å². The molecule has 0 amide bonds. The summed E-state index contributed by atoms with van der Waals surface area (Å²) >= 11 is 6.76. The van der Waals surface area contributed by atoms with E-state index in [1.165, 1.54) is 0 Å².